The van der Waals surface area contributed by atoms with E-state index in [9.17, 15) is 4.79 Å². The molecule has 2 amide bonds. The number of hydrogen-bond donors (Lipinski definition) is 1. The van der Waals surface area contributed by atoms with E-state index < -0.39 is 0 Å². The first-order valence-corrected chi connectivity index (χ1v) is 16.4. The number of benzene rings is 2. The fourth-order valence-corrected chi connectivity index (χ4v) is 5.80. The van der Waals surface area contributed by atoms with Crippen molar-refractivity contribution in [3.8, 4) is 5.75 Å². The van der Waals surface area contributed by atoms with Gasteiger partial charge in [0.1, 0.15) is 5.75 Å². The number of ether oxygens (including phenoxy) is 1. The maximum atomic E-state index is 12.7. The quantitative estimate of drug-likeness (QED) is 0.172. The van der Waals surface area contributed by atoms with Gasteiger partial charge in [0.2, 0.25) is 0 Å². The zero-order valence-electron chi connectivity index (χ0n) is 25.1. The SMILES string of the molecule is CCCCCCCCCCCCCCOc1ccc(CN(C(=O)NC)c2ccc(CN3C=C(C)SC3)cc2)cc1. The number of anilines is 1. The second kappa shape index (κ2) is 18.7. The summed E-state index contributed by atoms with van der Waals surface area (Å²) in [6.07, 6.45) is 18.4. The first kappa shape index (κ1) is 31.9. The van der Waals surface area contributed by atoms with E-state index >= 15 is 0 Å². The largest absolute Gasteiger partial charge is 0.494 e. The van der Waals surface area contributed by atoms with Crippen LogP contribution in [-0.2, 0) is 13.1 Å². The normalized spacial score (nSPS) is 12.9. The number of amides is 2. The van der Waals surface area contributed by atoms with Gasteiger partial charge < -0.3 is 15.0 Å². The molecule has 0 aromatic heterocycles. The number of urea groups is 1. The van der Waals surface area contributed by atoms with Crippen molar-refractivity contribution >= 4 is 23.5 Å². The summed E-state index contributed by atoms with van der Waals surface area (Å²) in [6, 6.07) is 16.3. The van der Waals surface area contributed by atoms with Crippen molar-refractivity contribution in [2.45, 2.75) is 104 Å². The van der Waals surface area contributed by atoms with Gasteiger partial charge in [-0.3, -0.25) is 4.90 Å². The number of nitrogens with zero attached hydrogens (tertiary/aromatic N) is 2. The lowest BCUT2D eigenvalue weighted by molar-refractivity contribution is 0.248. The molecule has 2 aromatic rings. The van der Waals surface area contributed by atoms with Crippen molar-refractivity contribution < 1.29 is 9.53 Å². The fraction of sp³-hybridized carbons (Fsp3) is 0.559. The fourth-order valence-electron chi connectivity index (χ4n) is 5.05. The minimum atomic E-state index is -0.116. The van der Waals surface area contributed by atoms with Crippen LogP contribution in [0.2, 0.25) is 0 Å². The Kier molecular flexibility index (Phi) is 14.9. The zero-order chi connectivity index (χ0) is 28.4. The van der Waals surface area contributed by atoms with Crippen LogP contribution in [0.1, 0.15) is 102 Å². The molecule has 0 saturated carbocycles. The van der Waals surface area contributed by atoms with Gasteiger partial charge in [-0.1, -0.05) is 102 Å². The van der Waals surface area contributed by atoms with Crippen molar-refractivity contribution in [2.75, 3.05) is 24.4 Å². The molecule has 1 heterocycles. The lowest BCUT2D eigenvalue weighted by atomic mass is 10.1. The zero-order valence-corrected chi connectivity index (χ0v) is 25.9. The van der Waals surface area contributed by atoms with Crippen molar-refractivity contribution in [1.82, 2.24) is 10.2 Å². The predicted molar refractivity (Wildman–Crippen MR) is 172 cm³/mol. The van der Waals surface area contributed by atoms with Gasteiger partial charge in [0.25, 0.3) is 0 Å². The third-order valence-corrected chi connectivity index (χ3v) is 8.47. The van der Waals surface area contributed by atoms with E-state index in [-0.39, 0.29) is 6.03 Å². The minimum Gasteiger partial charge on any atom is -0.494 e. The molecule has 6 heteroatoms. The van der Waals surface area contributed by atoms with E-state index in [1.165, 1.54) is 81.1 Å². The maximum Gasteiger partial charge on any atom is 0.321 e. The second-order valence-electron chi connectivity index (χ2n) is 10.9. The third-order valence-electron chi connectivity index (χ3n) is 7.45. The Morgan fingerprint density at radius 2 is 1.43 bits per heavy atom. The van der Waals surface area contributed by atoms with E-state index in [1.54, 1.807) is 11.9 Å². The van der Waals surface area contributed by atoms with Gasteiger partial charge in [-0.15, -0.1) is 11.8 Å². The van der Waals surface area contributed by atoms with Gasteiger partial charge >= 0.3 is 6.03 Å². The smallest absolute Gasteiger partial charge is 0.321 e. The molecule has 1 N–H and O–H groups in total. The summed E-state index contributed by atoms with van der Waals surface area (Å²) in [5.74, 6) is 1.89. The van der Waals surface area contributed by atoms with E-state index in [0.717, 1.165) is 42.4 Å². The van der Waals surface area contributed by atoms with E-state index in [2.05, 4.69) is 54.5 Å². The molecule has 0 aliphatic carbocycles. The standard InChI is InChI=1S/C34H51N3O2S/c1-4-5-6-7-8-9-10-11-12-13-14-15-24-39-33-22-18-31(19-23-33)27-37(34(38)35-3)32-20-16-30(17-21-32)26-36-25-29(2)40-28-36/h16-23,25H,4-15,24,26-28H2,1-3H3,(H,35,38). The molecule has 0 radical (unpaired) electrons. The average Bonchev–Trinajstić information content (AvgIpc) is 3.39. The van der Waals surface area contributed by atoms with Gasteiger partial charge in [-0.2, -0.15) is 0 Å². The second-order valence-corrected chi connectivity index (χ2v) is 12.1. The third kappa shape index (κ3) is 11.9. The number of allylic oxidation sites excluding steroid dienone is 1. The molecule has 5 nitrogen and oxygen atoms in total. The Morgan fingerprint density at radius 3 is 1.98 bits per heavy atom. The van der Waals surface area contributed by atoms with E-state index in [0.29, 0.717) is 6.54 Å². The summed E-state index contributed by atoms with van der Waals surface area (Å²) in [4.78, 5) is 18.1. The molecule has 0 saturated heterocycles. The number of rotatable bonds is 19. The molecule has 0 spiro atoms. The van der Waals surface area contributed by atoms with Gasteiger partial charge in [0.15, 0.2) is 0 Å². The number of thioether (sulfide) groups is 1. The van der Waals surface area contributed by atoms with Crippen molar-refractivity contribution in [3.05, 3.63) is 70.8 Å². The van der Waals surface area contributed by atoms with Crippen LogP contribution < -0.4 is 15.0 Å². The van der Waals surface area contributed by atoms with Gasteiger partial charge in [-0.25, -0.2) is 4.79 Å². The molecule has 0 atom stereocenters. The van der Waals surface area contributed by atoms with Crippen LogP contribution in [-0.4, -0.2) is 30.5 Å². The van der Waals surface area contributed by atoms with Gasteiger partial charge in [0, 0.05) is 25.5 Å². The highest BCUT2D eigenvalue weighted by molar-refractivity contribution is 8.03. The average molecular weight is 566 g/mol. The monoisotopic (exact) mass is 565 g/mol. The molecule has 0 bridgehead atoms. The van der Waals surface area contributed by atoms with Crippen LogP contribution in [0.4, 0.5) is 10.5 Å². The molecule has 40 heavy (non-hydrogen) atoms. The van der Waals surface area contributed by atoms with Crippen molar-refractivity contribution in [2.24, 2.45) is 0 Å². The predicted octanol–water partition coefficient (Wildman–Crippen LogP) is 9.48. The van der Waals surface area contributed by atoms with Crippen LogP contribution in [0.25, 0.3) is 0 Å². The number of carbonyl (C=O) groups is 1. The first-order valence-electron chi connectivity index (χ1n) is 15.4. The highest BCUT2D eigenvalue weighted by Crippen LogP contribution is 2.27. The molecule has 1 aliphatic rings. The molecule has 2 aromatic carbocycles. The van der Waals surface area contributed by atoms with E-state index in [1.807, 2.05) is 36.0 Å². The topological polar surface area (TPSA) is 44.8 Å². The summed E-state index contributed by atoms with van der Waals surface area (Å²) in [5, 5.41) is 2.78. The van der Waals surface area contributed by atoms with Crippen LogP contribution in [0, 0.1) is 0 Å². The number of carbonyl (C=O) groups excluding carboxylic acids is 1. The van der Waals surface area contributed by atoms with Crippen LogP contribution in [0.5, 0.6) is 5.75 Å². The molecule has 3 rings (SSSR count). The Morgan fingerprint density at radius 1 is 0.850 bits per heavy atom. The Labute approximate surface area is 247 Å². The lowest BCUT2D eigenvalue weighted by Crippen LogP contribution is -2.37. The summed E-state index contributed by atoms with van der Waals surface area (Å²) in [7, 11) is 1.68. The summed E-state index contributed by atoms with van der Waals surface area (Å²) in [5.41, 5.74) is 3.19. The van der Waals surface area contributed by atoms with E-state index in [4.69, 9.17) is 4.74 Å². The van der Waals surface area contributed by atoms with Crippen LogP contribution >= 0.6 is 11.8 Å². The van der Waals surface area contributed by atoms with Crippen molar-refractivity contribution in [1.29, 1.82) is 0 Å². The Hall–Kier alpha value is -2.60. The maximum absolute atomic E-state index is 12.7. The van der Waals surface area contributed by atoms with Crippen molar-refractivity contribution in [3.63, 3.8) is 0 Å². The highest BCUT2D eigenvalue weighted by Gasteiger charge is 2.16. The Balaban J connectivity index is 1.35. The van der Waals surface area contributed by atoms with Crippen LogP contribution in [0.3, 0.4) is 0 Å². The summed E-state index contributed by atoms with van der Waals surface area (Å²) in [6.45, 7) is 6.57. The first-order chi connectivity index (χ1) is 19.6. The van der Waals surface area contributed by atoms with Gasteiger partial charge in [-0.05, 0) is 53.6 Å². The molecule has 220 valence electrons. The number of nitrogens with one attached hydrogen (secondary N) is 1. The van der Waals surface area contributed by atoms with Crippen LogP contribution in [0.15, 0.2) is 59.6 Å². The lowest BCUT2D eigenvalue weighted by Gasteiger charge is -2.23. The molecule has 0 fully saturated rings. The number of unbranched alkanes of at least 4 members (excludes halogenated alkanes) is 11. The Bertz CT molecular complexity index is 1010. The molecular weight excluding hydrogens is 514 g/mol. The number of hydrogen-bond acceptors (Lipinski definition) is 4. The highest BCUT2D eigenvalue weighted by atomic mass is 32.2. The van der Waals surface area contributed by atoms with Gasteiger partial charge in [0.05, 0.1) is 19.0 Å². The molecule has 0 unspecified atom stereocenters. The minimum absolute atomic E-state index is 0.116. The molecule has 1 aliphatic heterocycles. The summed E-state index contributed by atoms with van der Waals surface area (Å²) < 4.78 is 5.98. The summed E-state index contributed by atoms with van der Waals surface area (Å²) >= 11 is 1.87. The molecular formula is C34H51N3O2S.